The summed E-state index contributed by atoms with van der Waals surface area (Å²) in [6.45, 7) is 6.15. The number of amides is 1. The van der Waals surface area contributed by atoms with Crippen LogP contribution in [0.2, 0.25) is 0 Å². The predicted molar refractivity (Wildman–Crippen MR) is 76.6 cm³/mol. The van der Waals surface area contributed by atoms with Gasteiger partial charge in [-0.2, -0.15) is 0 Å². The van der Waals surface area contributed by atoms with E-state index < -0.39 is 0 Å². The van der Waals surface area contributed by atoms with Crippen LogP contribution in [0, 0.1) is 12.8 Å². The second-order valence-corrected chi connectivity index (χ2v) is 6.12. The number of carbonyl (C=O) groups is 1. The molecule has 1 atom stereocenters. The summed E-state index contributed by atoms with van der Waals surface area (Å²) in [5, 5.41) is 12.0. The lowest BCUT2D eigenvalue weighted by Crippen LogP contribution is -2.37. The number of thiophene rings is 1. The first-order valence-corrected chi connectivity index (χ1v) is 6.98. The van der Waals surface area contributed by atoms with Gasteiger partial charge in [0.25, 0.3) is 0 Å². The van der Waals surface area contributed by atoms with Gasteiger partial charge in [-0.25, -0.2) is 0 Å². The van der Waals surface area contributed by atoms with Gasteiger partial charge in [0.05, 0.1) is 12.6 Å². The van der Waals surface area contributed by atoms with Crippen LogP contribution in [0.1, 0.15) is 30.0 Å². The van der Waals surface area contributed by atoms with E-state index in [0.29, 0.717) is 5.92 Å². The highest BCUT2D eigenvalue weighted by Crippen LogP contribution is 2.16. The van der Waals surface area contributed by atoms with Crippen molar-refractivity contribution in [2.75, 3.05) is 6.61 Å². The first-order valence-electron chi connectivity index (χ1n) is 6.17. The van der Waals surface area contributed by atoms with Crippen LogP contribution in [0.5, 0.6) is 0 Å². The number of rotatable bonds is 6. The third kappa shape index (κ3) is 5.47. The highest BCUT2D eigenvalue weighted by Gasteiger charge is 2.11. The molecule has 0 radical (unpaired) electrons. The molecule has 2 N–H and O–H groups in total. The maximum absolute atomic E-state index is 11.7. The van der Waals surface area contributed by atoms with Gasteiger partial charge in [-0.15, -0.1) is 11.3 Å². The Morgan fingerprint density at radius 2 is 2.22 bits per heavy atom. The van der Waals surface area contributed by atoms with E-state index in [0.717, 1.165) is 11.3 Å². The molecule has 0 bridgehead atoms. The number of hydrogen-bond acceptors (Lipinski definition) is 3. The maximum Gasteiger partial charge on any atom is 0.244 e. The van der Waals surface area contributed by atoms with Crippen LogP contribution >= 0.6 is 11.3 Å². The summed E-state index contributed by atoms with van der Waals surface area (Å²) in [5.74, 6) is 0.298. The molecule has 0 saturated carbocycles. The molecule has 0 fully saturated rings. The molecule has 100 valence electrons. The second kappa shape index (κ2) is 7.34. The molecule has 3 nitrogen and oxygen atoms in total. The van der Waals surface area contributed by atoms with Gasteiger partial charge in [0, 0.05) is 15.8 Å². The Kier molecular flexibility index (Phi) is 6.09. The van der Waals surface area contributed by atoms with Gasteiger partial charge < -0.3 is 10.4 Å². The summed E-state index contributed by atoms with van der Waals surface area (Å²) in [6.07, 6.45) is 4.11. The van der Waals surface area contributed by atoms with E-state index in [4.69, 9.17) is 0 Å². The van der Waals surface area contributed by atoms with Crippen molar-refractivity contribution in [1.82, 2.24) is 5.32 Å². The molecule has 18 heavy (non-hydrogen) atoms. The molecule has 0 aliphatic heterocycles. The summed E-state index contributed by atoms with van der Waals surface area (Å²) < 4.78 is 0. The van der Waals surface area contributed by atoms with Crippen molar-refractivity contribution in [1.29, 1.82) is 0 Å². The molecule has 1 heterocycles. The van der Waals surface area contributed by atoms with E-state index in [1.54, 1.807) is 17.4 Å². The molecule has 1 rings (SSSR count). The SMILES string of the molecule is Cc1ccc(/C=C/C(=O)NC(CO)CC(C)C)s1. The minimum Gasteiger partial charge on any atom is -0.394 e. The summed E-state index contributed by atoms with van der Waals surface area (Å²) in [5.41, 5.74) is 0. The van der Waals surface area contributed by atoms with E-state index in [9.17, 15) is 9.90 Å². The Hall–Kier alpha value is -1.13. The highest BCUT2D eigenvalue weighted by atomic mass is 32.1. The van der Waals surface area contributed by atoms with Gasteiger partial charge >= 0.3 is 0 Å². The molecule has 1 amide bonds. The fraction of sp³-hybridized carbons (Fsp3) is 0.500. The van der Waals surface area contributed by atoms with E-state index >= 15 is 0 Å². The lowest BCUT2D eigenvalue weighted by Gasteiger charge is -2.16. The fourth-order valence-electron chi connectivity index (χ4n) is 1.70. The average molecular weight is 267 g/mol. The van der Waals surface area contributed by atoms with Crippen LogP contribution in [0.25, 0.3) is 6.08 Å². The van der Waals surface area contributed by atoms with E-state index in [1.807, 2.05) is 19.1 Å². The number of nitrogens with one attached hydrogen (secondary N) is 1. The summed E-state index contributed by atoms with van der Waals surface area (Å²) in [6, 6.07) is 3.85. The normalized spacial score (nSPS) is 13.2. The maximum atomic E-state index is 11.7. The van der Waals surface area contributed by atoms with Crippen molar-refractivity contribution < 1.29 is 9.90 Å². The molecule has 0 aliphatic rings. The Morgan fingerprint density at radius 3 is 2.72 bits per heavy atom. The number of aliphatic hydroxyl groups excluding tert-OH is 1. The average Bonchev–Trinajstić information content (AvgIpc) is 2.71. The zero-order valence-corrected chi connectivity index (χ0v) is 12.0. The van der Waals surface area contributed by atoms with Crippen LogP contribution in [0.4, 0.5) is 0 Å². The van der Waals surface area contributed by atoms with Crippen LogP contribution < -0.4 is 5.32 Å². The molecule has 1 aromatic rings. The van der Waals surface area contributed by atoms with Crippen molar-refractivity contribution in [2.45, 2.75) is 33.2 Å². The molecule has 1 unspecified atom stereocenters. The van der Waals surface area contributed by atoms with E-state index in [-0.39, 0.29) is 18.6 Å². The molecule has 0 spiro atoms. The summed E-state index contributed by atoms with van der Waals surface area (Å²) in [7, 11) is 0. The largest absolute Gasteiger partial charge is 0.394 e. The zero-order valence-electron chi connectivity index (χ0n) is 11.1. The van der Waals surface area contributed by atoms with Gasteiger partial charge in [-0.3, -0.25) is 4.79 Å². The van der Waals surface area contributed by atoms with Crippen molar-refractivity contribution in [3.8, 4) is 0 Å². The van der Waals surface area contributed by atoms with Gasteiger partial charge in [-0.05, 0) is 37.5 Å². The van der Waals surface area contributed by atoms with Crippen molar-refractivity contribution in [3.05, 3.63) is 28.0 Å². The van der Waals surface area contributed by atoms with E-state index in [2.05, 4.69) is 19.2 Å². The molecule has 4 heteroatoms. The first kappa shape index (κ1) is 14.9. The van der Waals surface area contributed by atoms with Crippen molar-refractivity contribution in [2.24, 2.45) is 5.92 Å². The number of aliphatic hydroxyl groups is 1. The Labute approximate surface area is 113 Å². The topological polar surface area (TPSA) is 49.3 Å². The van der Waals surface area contributed by atoms with E-state index in [1.165, 1.54) is 11.0 Å². The monoisotopic (exact) mass is 267 g/mol. The summed E-state index contributed by atoms with van der Waals surface area (Å²) in [4.78, 5) is 14.0. The lowest BCUT2D eigenvalue weighted by atomic mass is 10.0. The third-order valence-electron chi connectivity index (χ3n) is 2.48. The second-order valence-electron chi connectivity index (χ2n) is 4.80. The lowest BCUT2D eigenvalue weighted by molar-refractivity contribution is -0.117. The smallest absolute Gasteiger partial charge is 0.244 e. The van der Waals surface area contributed by atoms with Gasteiger partial charge in [0.2, 0.25) is 5.91 Å². The van der Waals surface area contributed by atoms with Crippen LogP contribution in [0.3, 0.4) is 0 Å². The molecule has 0 aromatic carbocycles. The first-order chi connectivity index (χ1) is 8.51. The van der Waals surface area contributed by atoms with Crippen LogP contribution in [0.15, 0.2) is 18.2 Å². The fourth-order valence-corrected chi connectivity index (χ4v) is 2.48. The standard InChI is InChI=1S/C14H21NO2S/c1-10(2)8-12(9-16)15-14(17)7-6-13-5-4-11(3)18-13/h4-7,10,12,16H,8-9H2,1-3H3,(H,15,17)/b7-6+. The molecule has 0 aliphatic carbocycles. The van der Waals surface area contributed by atoms with Gasteiger partial charge in [0.15, 0.2) is 0 Å². The number of carbonyl (C=O) groups excluding carboxylic acids is 1. The zero-order chi connectivity index (χ0) is 13.5. The molecule has 1 aromatic heterocycles. The minimum atomic E-state index is -0.160. The van der Waals surface area contributed by atoms with Gasteiger partial charge in [0.1, 0.15) is 0 Å². The third-order valence-corrected chi connectivity index (χ3v) is 3.45. The molecular weight excluding hydrogens is 246 g/mol. The number of aryl methyl sites for hydroxylation is 1. The van der Waals surface area contributed by atoms with Crippen molar-refractivity contribution >= 4 is 23.3 Å². The Balaban J connectivity index is 2.47. The minimum absolute atomic E-state index is 0.0180. The molecule has 0 saturated heterocycles. The quantitative estimate of drug-likeness (QED) is 0.778. The van der Waals surface area contributed by atoms with Crippen LogP contribution in [-0.2, 0) is 4.79 Å². The van der Waals surface area contributed by atoms with Crippen molar-refractivity contribution in [3.63, 3.8) is 0 Å². The predicted octanol–water partition coefficient (Wildman–Crippen LogP) is 2.59. The highest BCUT2D eigenvalue weighted by molar-refractivity contribution is 7.12. The Bertz CT molecular complexity index is 410. The Morgan fingerprint density at radius 1 is 1.50 bits per heavy atom. The van der Waals surface area contributed by atoms with Crippen LogP contribution in [-0.4, -0.2) is 23.7 Å². The van der Waals surface area contributed by atoms with Gasteiger partial charge in [-0.1, -0.05) is 13.8 Å². The summed E-state index contributed by atoms with van der Waals surface area (Å²) >= 11 is 1.65. The molecular formula is C14H21NO2S. The number of hydrogen-bond donors (Lipinski definition) is 2.